The first-order valence-electron chi connectivity index (χ1n) is 8.50. The monoisotopic (exact) mass is 338 g/mol. The zero-order valence-corrected chi connectivity index (χ0v) is 14.7. The van der Waals surface area contributed by atoms with Gasteiger partial charge in [0.25, 0.3) is 17.4 Å². The number of likely N-dealkylation sites (N-methyl/N-ethyl adjacent to an activating group) is 1. The summed E-state index contributed by atoms with van der Waals surface area (Å²) in [6.45, 7) is 5.93. The van der Waals surface area contributed by atoms with Gasteiger partial charge in [0.2, 0.25) is 0 Å². The fourth-order valence-corrected chi connectivity index (χ4v) is 2.93. The van der Waals surface area contributed by atoms with E-state index >= 15 is 0 Å². The molecule has 130 valence electrons. The van der Waals surface area contributed by atoms with Crippen molar-refractivity contribution in [1.29, 1.82) is 0 Å². The molecule has 0 saturated heterocycles. The molecule has 3 rings (SSSR count). The fraction of sp³-hybridized carbons (Fsp3) is 0.300. The van der Waals surface area contributed by atoms with Crippen LogP contribution in [0, 0.1) is 0 Å². The first kappa shape index (κ1) is 17.0. The number of nitrogens with zero attached hydrogens (tertiary/aromatic N) is 1. The molecule has 1 aliphatic heterocycles. The number of anilines is 2. The number of nitrogens with one attached hydrogen (secondary N) is 1. The Morgan fingerprint density at radius 2 is 1.80 bits per heavy atom. The molecule has 25 heavy (non-hydrogen) atoms. The molecule has 0 saturated carbocycles. The first-order valence-corrected chi connectivity index (χ1v) is 8.50. The highest BCUT2D eigenvalue weighted by Crippen LogP contribution is 2.37. The normalized spacial score (nSPS) is 19.2. The minimum Gasteiger partial charge on any atom is -0.465 e. The lowest BCUT2D eigenvalue weighted by Gasteiger charge is -2.39. The number of rotatable bonds is 4. The van der Waals surface area contributed by atoms with Crippen LogP contribution in [-0.4, -0.2) is 24.0 Å². The standard InChI is InChI=1S/C20H22N2O3/c1-4-14-10-12-15(13-11-14)21-18(23)20(3)19(24)22(5-2)16-8-6-7-9-17(16)25-20/h6-13H,4-5H2,1-3H3,(H,21,23). The average Bonchev–Trinajstić information content (AvgIpc) is 2.63. The van der Waals surface area contributed by atoms with E-state index in [1.54, 1.807) is 11.0 Å². The van der Waals surface area contributed by atoms with Crippen molar-refractivity contribution in [2.45, 2.75) is 32.8 Å². The third-order valence-electron chi connectivity index (χ3n) is 4.49. The van der Waals surface area contributed by atoms with E-state index in [0.29, 0.717) is 23.7 Å². The van der Waals surface area contributed by atoms with Crippen molar-refractivity contribution in [1.82, 2.24) is 0 Å². The Morgan fingerprint density at radius 3 is 2.44 bits per heavy atom. The zero-order chi connectivity index (χ0) is 18.0. The van der Waals surface area contributed by atoms with E-state index in [2.05, 4.69) is 12.2 Å². The summed E-state index contributed by atoms with van der Waals surface area (Å²) in [5, 5.41) is 2.80. The molecule has 5 heteroatoms. The number of hydrogen-bond acceptors (Lipinski definition) is 3. The smallest absolute Gasteiger partial charge is 0.280 e. The number of fused-ring (bicyclic) bond motifs is 1. The largest absolute Gasteiger partial charge is 0.465 e. The lowest BCUT2D eigenvalue weighted by atomic mass is 9.99. The lowest BCUT2D eigenvalue weighted by Crippen LogP contribution is -2.60. The van der Waals surface area contributed by atoms with Crippen LogP contribution in [0.15, 0.2) is 48.5 Å². The van der Waals surface area contributed by atoms with Gasteiger partial charge in [0.05, 0.1) is 5.69 Å². The van der Waals surface area contributed by atoms with Crippen LogP contribution in [-0.2, 0) is 16.0 Å². The quantitative estimate of drug-likeness (QED) is 0.869. The molecular weight excluding hydrogens is 316 g/mol. The van der Waals surface area contributed by atoms with Crippen molar-refractivity contribution in [3.05, 3.63) is 54.1 Å². The minimum absolute atomic E-state index is 0.364. The summed E-state index contributed by atoms with van der Waals surface area (Å²) in [4.78, 5) is 27.3. The predicted octanol–water partition coefficient (Wildman–Crippen LogP) is 3.39. The van der Waals surface area contributed by atoms with Crippen molar-refractivity contribution in [2.24, 2.45) is 0 Å². The van der Waals surface area contributed by atoms with E-state index in [4.69, 9.17) is 4.74 Å². The molecule has 1 unspecified atom stereocenters. The van der Waals surface area contributed by atoms with Crippen molar-refractivity contribution in [3.63, 3.8) is 0 Å². The molecule has 0 radical (unpaired) electrons. The van der Waals surface area contributed by atoms with E-state index in [1.807, 2.05) is 49.4 Å². The van der Waals surface area contributed by atoms with Crippen LogP contribution < -0.4 is 15.0 Å². The second kappa shape index (κ2) is 6.59. The summed E-state index contributed by atoms with van der Waals surface area (Å²) in [5.74, 6) is -0.311. The van der Waals surface area contributed by atoms with Crippen molar-refractivity contribution in [2.75, 3.05) is 16.8 Å². The fourth-order valence-electron chi connectivity index (χ4n) is 2.93. The Morgan fingerprint density at radius 1 is 1.12 bits per heavy atom. The molecule has 0 bridgehead atoms. The molecule has 2 aromatic carbocycles. The van der Waals surface area contributed by atoms with Gasteiger partial charge in [-0.15, -0.1) is 0 Å². The Bertz CT molecular complexity index is 801. The van der Waals surface area contributed by atoms with Gasteiger partial charge in [-0.1, -0.05) is 31.2 Å². The van der Waals surface area contributed by atoms with Gasteiger partial charge in [-0.2, -0.15) is 0 Å². The highest BCUT2D eigenvalue weighted by atomic mass is 16.5. The van der Waals surface area contributed by atoms with Gasteiger partial charge in [0.15, 0.2) is 0 Å². The lowest BCUT2D eigenvalue weighted by molar-refractivity contribution is -0.145. The molecule has 2 amide bonds. The van der Waals surface area contributed by atoms with Gasteiger partial charge in [-0.05, 0) is 50.1 Å². The van der Waals surface area contributed by atoms with E-state index in [0.717, 1.165) is 6.42 Å². The van der Waals surface area contributed by atoms with Crippen LogP contribution in [0.1, 0.15) is 26.3 Å². The molecule has 0 aliphatic carbocycles. The van der Waals surface area contributed by atoms with Crippen LogP contribution in [0.5, 0.6) is 5.75 Å². The molecule has 2 aromatic rings. The van der Waals surface area contributed by atoms with Crippen LogP contribution in [0.25, 0.3) is 0 Å². The molecule has 1 atom stereocenters. The number of para-hydroxylation sites is 2. The Labute approximate surface area is 147 Å². The van der Waals surface area contributed by atoms with E-state index < -0.39 is 11.5 Å². The third-order valence-corrected chi connectivity index (χ3v) is 4.49. The molecule has 1 aliphatic rings. The highest BCUT2D eigenvalue weighted by Gasteiger charge is 2.50. The summed E-state index contributed by atoms with van der Waals surface area (Å²) >= 11 is 0. The summed E-state index contributed by atoms with van der Waals surface area (Å²) in [6.07, 6.45) is 0.926. The summed E-state index contributed by atoms with van der Waals surface area (Å²) < 4.78 is 5.84. The van der Waals surface area contributed by atoms with Gasteiger partial charge in [-0.3, -0.25) is 9.59 Å². The third kappa shape index (κ3) is 2.97. The van der Waals surface area contributed by atoms with Gasteiger partial charge < -0.3 is 15.0 Å². The van der Waals surface area contributed by atoms with Gasteiger partial charge in [0.1, 0.15) is 5.75 Å². The van der Waals surface area contributed by atoms with Gasteiger partial charge in [-0.25, -0.2) is 0 Å². The van der Waals surface area contributed by atoms with Crippen molar-refractivity contribution in [3.8, 4) is 5.75 Å². The number of aryl methyl sites for hydroxylation is 1. The van der Waals surface area contributed by atoms with Gasteiger partial charge >= 0.3 is 0 Å². The highest BCUT2D eigenvalue weighted by molar-refractivity contribution is 6.19. The average molecular weight is 338 g/mol. The maximum atomic E-state index is 12.9. The molecular formula is C20H22N2O3. The van der Waals surface area contributed by atoms with E-state index in [1.165, 1.54) is 12.5 Å². The SMILES string of the molecule is CCc1ccc(NC(=O)C2(C)Oc3ccccc3N(CC)C2=O)cc1. The van der Waals surface area contributed by atoms with E-state index in [-0.39, 0.29) is 5.91 Å². The summed E-state index contributed by atoms with van der Waals surface area (Å²) in [7, 11) is 0. The second-order valence-corrected chi connectivity index (χ2v) is 6.16. The molecule has 1 heterocycles. The molecule has 0 spiro atoms. The van der Waals surface area contributed by atoms with Crippen LogP contribution in [0.2, 0.25) is 0 Å². The maximum Gasteiger partial charge on any atom is 0.280 e. The van der Waals surface area contributed by atoms with Crippen LogP contribution >= 0.6 is 0 Å². The van der Waals surface area contributed by atoms with Crippen LogP contribution in [0.4, 0.5) is 11.4 Å². The predicted molar refractivity (Wildman–Crippen MR) is 98.0 cm³/mol. The van der Waals surface area contributed by atoms with Gasteiger partial charge in [0, 0.05) is 12.2 Å². The number of carbonyl (C=O) groups excluding carboxylic acids is 2. The van der Waals surface area contributed by atoms with Crippen molar-refractivity contribution >= 4 is 23.2 Å². The zero-order valence-electron chi connectivity index (χ0n) is 14.7. The molecule has 1 N–H and O–H groups in total. The number of carbonyl (C=O) groups is 2. The topological polar surface area (TPSA) is 58.6 Å². The number of benzene rings is 2. The van der Waals surface area contributed by atoms with Crippen molar-refractivity contribution < 1.29 is 14.3 Å². The minimum atomic E-state index is -1.60. The molecule has 0 aromatic heterocycles. The maximum absolute atomic E-state index is 12.9. The summed E-state index contributed by atoms with van der Waals surface area (Å²) in [5.41, 5.74) is 0.906. The molecule has 5 nitrogen and oxygen atoms in total. The van der Waals surface area contributed by atoms with E-state index in [9.17, 15) is 9.59 Å². The first-order chi connectivity index (χ1) is 12.0. The summed E-state index contributed by atoms with van der Waals surface area (Å²) in [6, 6.07) is 14.8. The number of hydrogen-bond donors (Lipinski definition) is 1. The van der Waals surface area contributed by atoms with Crippen LogP contribution in [0.3, 0.4) is 0 Å². The molecule has 0 fully saturated rings. The number of ether oxygens (including phenoxy) is 1. The number of amides is 2. The Balaban J connectivity index is 1.89. The Hall–Kier alpha value is -2.82. The Kier molecular flexibility index (Phi) is 4.49. The second-order valence-electron chi connectivity index (χ2n) is 6.16.